The average molecular weight is 378 g/mol. The van der Waals surface area contributed by atoms with Gasteiger partial charge in [0.1, 0.15) is 11.6 Å². The van der Waals surface area contributed by atoms with Crippen molar-refractivity contribution >= 4 is 17.4 Å². The minimum atomic E-state index is -0.0160. The number of nitriles is 1. The van der Waals surface area contributed by atoms with Crippen molar-refractivity contribution in [3.8, 4) is 6.07 Å². The van der Waals surface area contributed by atoms with E-state index in [0.717, 1.165) is 56.0 Å². The molecular formula is C21H26N6O. The van der Waals surface area contributed by atoms with Gasteiger partial charge in [0.15, 0.2) is 5.82 Å². The van der Waals surface area contributed by atoms with Gasteiger partial charge in [-0.15, -0.1) is 5.10 Å². The van der Waals surface area contributed by atoms with E-state index in [9.17, 15) is 10.1 Å². The number of amides is 1. The van der Waals surface area contributed by atoms with Gasteiger partial charge in [0.25, 0.3) is 0 Å². The first kappa shape index (κ1) is 19.8. The fraction of sp³-hybridized carbons (Fsp3) is 0.429. The Morgan fingerprint density at radius 2 is 1.82 bits per heavy atom. The molecule has 0 saturated carbocycles. The topological polar surface area (TPSA) is 85.2 Å². The summed E-state index contributed by atoms with van der Waals surface area (Å²) in [6.45, 7) is 7.35. The first-order valence-electron chi connectivity index (χ1n) is 9.77. The fourth-order valence-electron chi connectivity index (χ4n) is 3.54. The predicted molar refractivity (Wildman–Crippen MR) is 109 cm³/mol. The van der Waals surface area contributed by atoms with Crippen LogP contribution in [0.25, 0.3) is 0 Å². The smallest absolute Gasteiger partial charge is 0.238 e. The summed E-state index contributed by atoms with van der Waals surface area (Å²) < 4.78 is 0. The highest BCUT2D eigenvalue weighted by molar-refractivity contribution is 5.92. The third-order valence-corrected chi connectivity index (χ3v) is 5.04. The van der Waals surface area contributed by atoms with Crippen LogP contribution in [0.15, 0.2) is 30.3 Å². The van der Waals surface area contributed by atoms with Crippen molar-refractivity contribution in [2.45, 2.75) is 26.7 Å². The maximum Gasteiger partial charge on any atom is 0.238 e. The standard InChI is InChI=1S/C21H26N6O/c1-3-17-18(14-22)21(25-24-19(17)4-2)27-12-10-26(11-13-27)15-20(28)23-16-8-6-5-7-9-16/h5-9H,3-4,10-13,15H2,1-2H3,(H,23,28). The minimum Gasteiger partial charge on any atom is -0.351 e. The number of nitrogens with one attached hydrogen (secondary N) is 1. The van der Waals surface area contributed by atoms with Gasteiger partial charge in [-0.1, -0.05) is 32.0 Å². The van der Waals surface area contributed by atoms with Crippen LogP contribution in [0.3, 0.4) is 0 Å². The summed E-state index contributed by atoms with van der Waals surface area (Å²) in [7, 11) is 0. The zero-order chi connectivity index (χ0) is 19.9. The van der Waals surface area contributed by atoms with Crippen LogP contribution in [-0.2, 0) is 17.6 Å². The fourth-order valence-corrected chi connectivity index (χ4v) is 3.54. The Labute approximate surface area is 166 Å². The highest BCUT2D eigenvalue weighted by Crippen LogP contribution is 2.24. The summed E-state index contributed by atoms with van der Waals surface area (Å²) in [5.41, 5.74) is 3.35. The average Bonchev–Trinajstić information content (AvgIpc) is 2.73. The summed E-state index contributed by atoms with van der Waals surface area (Å²) >= 11 is 0. The van der Waals surface area contributed by atoms with E-state index in [1.165, 1.54) is 0 Å². The number of rotatable bonds is 6. The maximum absolute atomic E-state index is 12.3. The molecule has 7 heteroatoms. The SMILES string of the molecule is CCc1nnc(N2CCN(CC(=O)Nc3ccccc3)CC2)c(C#N)c1CC. The lowest BCUT2D eigenvalue weighted by molar-refractivity contribution is -0.117. The van der Waals surface area contributed by atoms with Crippen molar-refractivity contribution in [3.63, 3.8) is 0 Å². The summed E-state index contributed by atoms with van der Waals surface area (Å²) in [6, 6.07) is 11.8. The quantitative estimate of drug-likeness (QED) is 0.830. The van der Waals surface area contributed by atoms with Gasteiger partial charge in [0, 0.05) is 31.9 Å². The zero-order valence-corrected chi connectivity index (χ0v) is 16.5. The Kier molecular flexibility index (Phi) is 6.56. The Bertz CT molecular complexity index is 853. The van der Waals surface area contributed by atoms with Crippen molar-refractivity contribution < 1.29 is 4.79 Å². The molecule has 1 aliphatic heterocycles. The Morgan fingerprint density at radius 3 is 2.43 bits per heavy atom. The molecule has 0 radical (unpaired) electrons. The number of nitrogens with zero attached hydrogens (tertiary/aromatic N) is 5. The summed E-state index contributed by atoms with van der Waals surface area (Å²) in [4.78, 5) is 16.5. The molecule has 2 aromatic rings. The van der Waals surface area contributed by atoms with E-state index in [0.29, 0.717) is 17.9 Å². The molecule has 1 N–H and O–H groups in total. The number of carbonyl (C=O) groups is 1. The zero-order valence-electron chi connectivity index (χ0n) is 16.5. The van der Waals surface area contributed by atoms with Crippen molar-refractivity contribution in [2.75, 3.05) is 42.9 Å². The van der Waals surface area contributed by atoms with Crippen LogP contribution in [0.4, 0.5) is 11.5 Å². The molecule has 3 rings (SSSR count). The molecule has 1 aromatic carbocycles. The van der Waals surface area contributed by atoms with Crippen LogP contribution >= 0.6 is 0 Å². The molecule has 2 heterocycles. The molecule has 1 aliphatic rings. The lowest BCUT2D eigenvalue weighted by Gasteiger charge is -2.35. The molecule has 1 saturated heterocycles. The molecule has 1 fully saturated rings. The van der Waals surface area contributed by atoms with E-state index >= 15 is 0 Å². The number of hydrogen-bond acceptors (Lipinski definition) is 6. The van der Waals surface area contributed by atoms with Gasteiger partial charge in [0.05, 0.1) is 12.2 Å². The first-order chi connectivity index (χ1) is 13.7. The number of para-hydroxylation sites is 1. The second kappa shape index (κ2) is 9.29. The van der Waals surface area contributed by atoms with Gasteiger partial charge in [-0.3, -0.25) is 9.69 Å². The minimum absolute atomic E-state index is 0.0160. The van der Waals surface area contributed by atoms with Crippen LogP contribution in [0.1, 0.15) is 30.7 Å². The maximum atomic E-state index is 12.3. The van der Waals surface area contributed by atoms with E-state index in [1.54, 1.807) is 0 Å². The first-order valence-corrected chi connectivity index (χ1v) is 9.77. The van der Waals surface area contributed by atoms with E-state index in [2.05, 4.69) is 31.4 Å². The number of hydrogen-bond donors (Lipinski definition) is 1. The molecule has 7 nitrogen and oxygen atoms in total. The van der Waals surface area contributed by atoms with Crippen molar-refractivity contribution in [2.24, 2.45) is 0 Å². The summed E-state index contributed by atoms with van der Waals surface area (Å²) in [5.74, 6) is 0.655. The highest BCUT2D eigenvalue weighted by Gasteiger charge is 2.24. The van der Waals surface area contributed by atoms with Gasteiger partial charge in [-0.2, -0.15) is 10.4 Å². The van der Waals surface area contributed by atoms with Gasteiger partial charge < -0.3 is 10.2 Å². The second-order valence-corrected chi connectivity index (χ2v) is 6.82. The summed E-state index contributed by atoms with van der Waals surface area (Å²) in [5, 5.41) is 21.3. The van der Waals surface area contributed by atoms with Crippen LogP contribution in [0, 0.1) is 11.3 Å². The highest BCUT2D eigenvalue weighted by atomic mass is 16.2. The summed E-state index contributed by atoms with van der Waals surface area (Å²) in [6.07, 6.45) is 1.55. The van der Waals surface area contributed by atoms with Gasteiger partial charge >= 0.3 is 0 Å². The Morgan fingerprint density at radius 1 is 1.11 bits per heavy atom. The lowest BCUT2D eigenvalue weighted by atomic mass is 10.0. The second-order valence-electron chi connectivity index (χ2n) is 6.82. The Balaban J connectivity index is 1.61. The molecule has 0 spiro atoms. The van der Waals surface area contributed by atoms with Crippen LogP contribution in [0.5, 0.6) is 0 Å². The number of benzene rings is 1. The number of aryl methyl sites for hydroxylation is 1. The lowest BCUT2D eigenvalue weighted by Crippen LogP contribution is -2.49. The molecule has 1 aromatic heterocycles. The van der Waals surface area contributed by atoms with Crippen molar-refractivity contribution in [1.29, 1.82) is 5.26 Å². The predicted octanol–water partition coefficient (Wildman–Crippen LogP) is 2.23. The van der Waals surface area contributed by atoms with Crippen molar-refractivity contribution in [1.82, 2.24) is 15.1 Å². The third kappa shape index (κ3) is 4.46. The number of piperazine rings is 1. The van der Waals surface area contributed by atoms with E-state index < -0.39 is 0 Å². The van der Waals surface area contributed by atoms with Gasteiger partial charge in [-0.05, 0) is 30.5 Å². The molecule has 0 atom stereocenters. The molecule has 0 aliphatic carbocycles. The van der Waals surface area contributed by atoms with Crippen LogP contribution in [0.2, 0.25) is 0 Å². The van der Waals surface area contributed by atoms with Gasteiger partial charge in [-0.25, -0.2) is 0 Å². The number of carbonyl (C=O) groups excluding carboxylic acids is 1. The number of aromatic nitrogens is 2. The Hall–Kier alpha value is -2.98. The van der Waals surface area contributed by atoms with E-state index in [-0.39, 0.29) is 5.91 Å². The van der Waals surface area contributed by atoms with Crippen molar-refractivity contribution in [3.05, 3.63) is 47.2 Å². The molecule has 0 unspecified atom stereocenters. The molecule has 146 valence electrons. The normalized spacial score (nSPS) is 14.5. The third-order valence-electron chi connectivity index (χ3n) is 5.04. The number of anilines is 2. The van der Waals surface area contributed by atoms with Gasteiger partial charge in [0.2, 0.25) is 5.91 Å². The molecule has 0 bridgehead atoms. The van der Waals surface area contributed by atoms with Crippen LogP contribution < -0.4 is 10.2 Å². The molecule has 1 amide bonds. The van der Waals surface area contributed by atoms with Crippen LogP contribution in [-0.4, -0.2) is 53.7 Å². The molecule has 28 heavy (non-hydrogen) atoms. The monoisotopic (exact) mass is 378 g/mol. The molecular weight excluding hydrogens is 352 g/mol. The van der Waals surface area contributed by atoms with E-state index in [4.69, 9.17) is 0 Å². The van der Waals surface area contributed by atoms with E-state index in [1.807, 2.05) is 44.2 Å². The largest absolute Gasteiger partial charge is 0.351 e.